The molecule has 0 saturated heterocycles. The quantitative estimate of drug-likeness (QED) is 0.422. The number of aromatic hydroxyl groups is 1. The van der Waals surface area contributed by atoms with Crippen LogP contribution in [0.1, 0.15) is 41.7 Å². The third-order valence-corrected chi connectivity index (χ3v) is 5.09. The highest BCUT2D eigenvalue weighted by atomic mass is 35.5. The van der Waals surface area contributed by atoms with Crippen LogP contribution in [0.2, 0.25) is 5.15 Å². The van der Waals surface area contributed by atoms with E-state index in [4.69, 9.17) is 11.6 Å². The number of nitrogens with zero attached hydrogens (tertiary/aromatic N) is 3. The maximum Gasteiger partial charge on any atom is 0.342 e. The molecule has 1 aromatic carbocycles. The van der Waals surface area contributed by atoms with Crippen molar-refractivity contribution in [2.45, 2.75) is 25.7 Å². The fourth-order valence-corrected chi connectivity index (χ4v) is 3.36. The molecule has 3 aromatic rings. The van der Waals surface area contributed by atoms with Gasteiger partial charge in [-0.25, -0.2) is 9.78 Å². The summed E-state index contributed by atoms with van der Waals surface area (Å²) in [6, 6.07) is 9.35. The van der Waals surface area contributed by atoms with Crippen molar-refractivity contribution in [1.29, 1.82) is 0 Å². The molecule has 1 saturated carbocycles. The number of pyridine rings is 1. The number of benzene rings is 1. The smallest absolute Gasteiger partial charge is 0.342 e. The van der Waals surface area contributed by atoms with Gasteiger partial charge in [0.2, 0.25) is 0 Å². The molecule has 8 nitrogen and oxygen atoms in total. The Balaban J connectivity index is 1.65. The van der Waals surface area contributed by atoms with E-state index >= 15 is 0 Å². The van der Waals surface area contributed by atoms with Gasteiger partial charge in [-0.1, -0.05) is 11.6 Å². The molecule has 9 heteroatoms. The average molecular weight is 426 g/mol. The molecule has 4 rings (SSSR count). The van der Waals surface area contributed by atoms with Crippen LogP contribution in [-0.2, 0) is 0 Å². The van der Waals surface area contributed by atoms with Crippen LogP contribution in [0.5, 0.6) is 5.75 Å². The zero-order chi connectivity index (χ0) is 21.3. The molecule has 2 heterocycles. The van der Waals surface area contributed by atoms with Crippen LogP contribution in [-0.4, -0.2) is 38.4 Å². The fraction of sp³-hybridized carbons (Fsp3) is 0.238. The van der Waals surface area contributed by atoms with Crippen LogP contribution in [0.4, 0.5) is 10.5 Å². The van der Waals surface area contributed by atoms with Crippen molar-refractivity contribution < 1.29 is 14.7 Å². The van der Waals surface area contributed by atoms with Gasteiger partial charge in [-0.15, -0.1) is 0 Å². The number of nitrogens with one attached hydrogen (secondary N) is 2. The number of phenols is 1. The van der Waals surface area contributed by atoms with Gasteiger partial charge in [-0.3, -0.25) is 4.79 Å². The molecular weight excluding hydrogens is 406 g/mol. The first kappa shape index (κ1) is 19.9. The second kappa shape index (κ2) is 8.16. The van der Waals surface area contributed by atoms with E-state index in [1.54, 1.807) is 24.3 Å². The van der Waals surface area contributed by atoms with E-state index < -0.39 is 5.91 Å². The Morgan fingerprint density at radius 1 is 1.27 bits per heavy atom. The van der Waals surface area contributed by atoms with E-state index in [-0.39, 0.29) is 28.4 Å². The topological polar surface area (TPSA) is 109 Å². The summed E-state index contributed by atoms with van der Waals surface area (Å²) in [5.74, 6) is -0.141. The van der Waals surface area contributed by atoms with Gasteiger partial charge in [0.05, 0.1) is 17.0 Å². The lowest BCUT2D eigenvalue weighted by Gasteiger charge is -2.09. The Labute approximate surface area is 177 Å². The molecule has 2 amide bonds. The van der Waals surface area contributed by atoms with Crippen molar-refractivity contribution in [2.24, 2.45) is 0 Å². The lowest BCUT2D eigenvalue weighted by molar-refractivity contribution is 0.102. The van der Waals surface area contributed by atoms with Crippen molar-refractivity contribution in [3.8, 4) is 17.0 Å². The third kappa shape index (κ3) is 3.99. The number of phenolic OH excluding ortho intramolecular Hbond substituents is 1. The molecule has 2 aromatic heterocycles. The van der Waals surface area contributed by atoms with E-state index in [0.29, 0.717) is 23.5 Å². The van der Waals surface area contributed by atoms with Gasteiger partial charge in [-0.05, 0) is 56.2 Å². The van der Waals surface area contributed by atoms with Gasteiger partial charge in [0.25, 0.3) is 5.91 Å². The van der Waals surface area contributed by atoms with Crippen LogP contribution in [0.15, 0.2) is 42.6 Å². The molecule has 0 atom stereocenters. The summed E-state index contributed by atoms with van der Waals surface area (Å²) in [6.07, 6.45) is 3.50. The summed E-state index contributed by atoms with van der Waals surface area (Å²) in [7, 11) is 0. The highest BCUT2D eigenvalue weighted by molar-refractivity contribution is 6.33. The van der Waals surface area contributed by atoms with Crippen molar-refractivity contribution >= 4 is 29.2 Å². The van der Waals surface area contributed by atoms with Crippen molar-refractivity contribution in [1.82, 2.24) is 20.1 Å². The highest BCUT2D eigenvalue weighted by Gasteiger charge is 2.30. The summed E-state index contributed by atoms with van der Waals surface area (Å²) in [5.41, 5.74) is 2.37. The van der Waals surface area contributed by atoms with Gasteiger partial charge < -0.3 is 15.7 Å². The standard InChI is InChI=1S/C21H20ClN5O3/c1-2-23-21(30)27-17(12-5-6-12)11-16(26-27)15-10-13(7-8-18(15)28)25-20(29)14-4-3-9-24-19(14)22/h3-4,7-12,28H,2,5-6H2,1H3,(H,23,30)(H,25,29). The number of rotatable bonds is 5. The molecule has 0 aliphatic heterocycles. The first-order chi connectivity index (χ1) is 14.5. The van der Waals surface area contributed by atoms with Gasteiger partial charge in [0.1, 0.15) is 10.9 Å². The number of carbonyl (C=O) groups excluding carboxylic acids is 2. The number of hydrogen-bond donors (Lipinski definition) is 3. The minimum absolute atomic E-state index is 0.00435. The maximum absolute atomic E-state index is 12.5. The minimum Gasteiger partial charge on any atom is -0.507 e. The molecule has 0 radical (unpaired) electrons. The summed E-state index contributed by atoms with van der Waals surface area (Å²) < 4.78 is 1.36. The first-order valence-electron chi connectivity index (χ1n) is 9.61. The molecule has 1 aliphatic carbocycles. The molecular formula is C21H20ClN5O3. The average Bonchev–Trinajstić information content (AvgIpc) is 3.48. The number of carbonyl (C=O) groups is 2. The molecule has 0 bridgehead atoms. The predicted molar refractivity (Wildman–Crippen MR) is 113 cm³/mol. The van der Waals surface area contributed by atoms with E-state index in [0.717, 1.165) is 18.5 Å². The number of aromatic nitrogens is 3. The van der Waals surface area contributed by atoms with Crippen LogP contribution in [0, 0.1) is 0 Å². The van der Waals surface area contributed by atoms with Crippen molar-refractivity contribution in [3.63, 3.8) is 0 Å². The molecule has 3 N–H and O–H groups in total. The number of amides is 2. The van der Waals surface area contributed by atoms with Crippen LogP contribution < -0.4 is 10.6 Å². The highest BCUT2D eigenvalue weighted by Crippen LogP contribution is 2.42. The summed E-state index contributed by atoms with van der Waals surface area (Å²) in [4.78, 5) is 28.8. The van der Waals surface area contributed by atoms with Crippen molar-refractivity contribution in [3.05, 3.63) is 59.0 Å². The lowest BCUT2D eigenvalue weighted by atomic mass is 10.1. The zero-order valence-corrected chi connectivity index (χ0v) is 17.0. The predicted octanol–water partition coefficient (Wildman–Crippen LogP) is 4.01. The van der Waals surface area contributed by atoms with Gasteiger partial charge in [0.15, 0.2) is 0 Å². The maximum atomic E-state index is 12.5. The lowest BCUT2D eigenvalue weighted by Crippen LogP contribution is -2.30. The SMILES string of the molecule is CCNC(=O)n1nc(-c2cc(NC(=O)c3cccnc3Cl)ccc2O)cc1C1CC1. The summed E-state index contributed by atoms with van der Waals surface area (Å²) in [5, 5.41) is 20.4. The van der Waals surface area contributed by atoms with Crippen LogP contribution in [0.3, 0.4) is 0 Å². The van der Waals surface area contributed by atoms with Crippen LogP contribution >= 0.6 is 11.6 Å². The molecule has 30 heavy (non-hydrogen) atoms. The zero-order valence-electron chi connectivity index (χ0n) is 16.2. The third-order valence-electron chi connectivity index (χ3n) is 4.79. The Morgan fingerprint density at radius 2 is 2.07 bits per heavy atom. The van der Waals surface area contributed by atoms with E-state index in [9.17, 15) is 14.7 Å². The summed E-state index contributed by atoms with van der Waals surface area (Å²) >= 11 is 5.99. The molecule has 1 fully saturated rings. The second-order valence-electron chi connectivity index (χ2n) is 7.00. The largest absolute Gasteiger partial charge is 0.507 e. The van der Waals surface area contributed by atoms with E-state index in [1.165, 1.54) is 16.9 Å². The van der Waals surface area contributed by atoms with Crippen LogP contribution in [0.25, 0.3) is 11.3 Å². The number of halogens is 1. The first-order valence-corrected chi connectivity index (χ1v) is 9.99. The fourth-order valence-electron chi connectivity index (χ4n) is 3.16. The van der Waals surface area contributed by atoms with Crippen molar-refractivity contribution in [2.75, 3.05) is 11.9 Å². The Bertz CT molecular complexity index is 1120. The molecule has 1 aliphatic rings. The van der Waals surface area contributed by atoms with Gasteiger partial charge in [0, 0.05) is 29.9 Å². The molecule has 0 spiro atoms. The van der Waals surface area contributed by atoms with Gasteiger partial charge >= 0.3 is 6.03 Å². The van der Waals surface area contributed by atoms with E-state index in [2.05, 4.69) is 20.7 Å². The Kier molecular flexibility index (Phi) is 5.41. The number of anilines is 1. The Hall–Kier alpha value is -3.39. The Morgan fingerprint density at radius 3 is 2.77 bits per heavy atom. The number of hydrogen-bond acceptors (Lipinski definition) is 5. The monoisotopic (exact) mass is 425 g/mol. The molecule has 154 valence electrons. The minimum atomic E-state index is -0.420. The normalized spacial score (nSPS) is 13.1. The summed E-state index contributed by atoms with van der Waals surface area (Å²) in [6.45, 7) is 2.33. The molecule has 0 unspecified atom stereocenters. The van der Waals surface area contributed by atoms with E-state index in [1.807, 2.05) is 13.0 Å². The second-order valence-corrected chi connectivity index (χ2v) is 7.36. The van der Waals surface area contributed by atoms with Gasteiger partial charge in [-0.2, -0.15) is 9.78 Å².